The molecule has 0 bridgehead atoms. The highest BCUT2D eigenvalue weighted by Crippen LogP contribution is 2.33. The Hall–Kier alpha value is -1.68. The number of nitrogens with zero attached hydrogens (tertiary/aromatic N) is 2. The summed E-state index contributed by atoms with van der Waals surface area (Å²) in [5, 5.41) is 9.95. The van der Waals surface area contributed by atoms with Gasteiger partial charge in [-0.15, -0.1) is 0 Å². The van der Waals surface area contributed by atoms with E-state index >= 15 is 0 Å². The molecule has 1 aromatic carbocycles. The summed E-state index contributed by atoms with van der Waals surface area (Å²) < 4.78 is 1.62. The van der Waals surface area contributed by atoms with E-state index in [0.29, 0.717) is 12.5 Å². The quantitative estimate of drug-likeness (QED) is 0.861. The van der Waals surface area contributed by atoms with Crippen molar-refractivity contribution in [2.45, 2.75) is 25.5 Å². The molecular weight excluding hydrogens is 216 g/mol. The Morgan fingerprint density at radius 3 is 2.94 bits per heavy atom. The van der Waals surface area contributed by atoms with Crippen LogP contribution in [0, 0.1) is 5.92 Å². The molecule has 2 aromatic rings. The predicted molar refractivity (Wildman–Crippen MR) is 64.7 cm³/mol. The van der Waals surface area contributed by atoms with Gasteiger partial charge in [0.15, 0.2) is 0 Å². The topological polar surface area (TPSA) is 55.1 Å². The molecule has 1 heterocycles. The minimum atomic E-state index is -0.418. The van der Waals surface area contributed by atoms with E-state index in [-0.39, 0.29) is 5.56 Å². The van der Waals surface area contributed by atoms with Crippen molar-refractivity contribution in [1.29, 1.82) is 0 Å². The van der Waals surface area contributed by atoms with Gasteiger partial charge in [0.05, 0.1) is 29.9 Å². The Morgan fingerprint density at radius 1 is 1.41 bits per heavy atom. The molecule has 88 valence electrons. The van der Waals surface area contributed by atoms with Gasteiger partial charge in [-0.05, 0) is 30.9 Å². The molecule has 0 aliphatic heterocycles. The van der Waals surface area contributed by atoms with Crippen LogP contribution in [0.25, 0.3) is 11.0 Å². The second kappa shape index (κ2) is 3.96. The first kappa shape index (κ1) is 10.5. The zero-order valence-electron chi connectivity index (χ0n) is 9.41. The molecule has 1 atom stereocenters. The maximum Gasteiger partial charge on any atom is 0.269 e. The number of hydrogen-bond donors (Lipinski definition) is 1. The third-order valence-electron chi connectivity index (χ3n) is 3.29. The summed E-state index contributed by atoms with van der Waals surface area (Å²) in [5.41, 5.74) is 1.43. The van der Waals surface area contributed by atoms with Crippen molar-refractivity contribution in [2.24, 2.45) is 5.92 Å². The van der Waals surface area contributed by atoms with Crippen LogP contribution in [-0.2, 0) is 6.54 Å². The largest absolute Gasteiger partial charge is 0.391 e. The highest BCUT2D eigenvalue weighted by molar-refractivity contribution is 5.74. The number of aliphatic hydroxyl groups excluding tert-OH is 1. The van der Waals surface area contributed by atoms with E-state index < -0.39 is 6.10 Å². The second-order valence-corrected chi connectivity index (χ2v) is 4.60. The van der Waals surface area contributed by atoms with Crippen LogP contribution in [0.3, 0.4) is 0 Å². The molecule has 0 spiro atoms. The van der Waals surface area contributed by atoms with E-state index in [4.69, 9.17) is 0 Å². The molecule has 4 nitrogen and oxygen atoms in total. The molecule has 1 aromatic heterocycles. The van der Waals surface area contributed by atoms with Gasteiger partial charge in [-0.3, -0.25) is 4.79 Å². The Morgan fingerprint density at radius 2 is 2.18 bits per heavy atom. The third kappa shape index (κ3) is 1.96. The molecule has 0 amide bonds. The summed E-state index contributed by atoms with van der Waals surface area (Å²) in [4.78, 5) is 15.9. The van der Waals surface area contributed by atoms with E-state index in [1.807, 2.05) is 24.3 Å². The zero-order valence-corrected chi connectivity index (χ0v) is 9.41. The SMILES string of the molecule is O=c1cnc2ccccc2n1CC(O)C1CC1. The van der Waals surface area contributed by atoms with E-state index in [2.05, 4.69) is 4.98 Å². The number of hydrogen-bond acceptors (Lipinski definition) is 3. The number of aromatic nitrogens is 2. The fraction of sp³-hybridized carbons (Fsp3) is 0.385. The Kier molecular flexibility index (Phi) is 2.44. The fourth-order valence-electron chi connectivity index (χ4n) is 2.12. The Bertz CT molecular complexity index is 602. The van der Waals surface area contributed by atoms with Gasteiger partial charge in [-0.2, -0.15) is 0 Å². The maximum absolute atomic E-state index is 11.8. The highest BCUT2D eigenvalue weighted by atomic mass is 16.3. The van der Waals surface area contributed by atoms with Gasteiger partial charge < -0.3 is 9.67 Å². The van der Waals surface area contributed by atoms with E-state index in [9.17, 15) is 9.90 Å². The lowest BCUT2D eigenvalue weighted by Gasteiger charge is -2.13. The van der Waals surface area contributed by atoms with Gasteiger partial charge >= 0.3 is 0 Å². The van der Waals surface area contributed by atoms with Crippen molar-refractivity contribution in [1.82, 2.24) is 9.55 Å². The lowest BCUT2D eigenvalue weighted by molar-refractivity contribution is 0.131. The highest BCUT2D eigenvalue weighted by Gasteiger charge is 2.30. The summed E-state index contributed by atoms with van der Waals surface area (Å²) >= 11 is 0. The minimum Gasteiger partial charge on any atom is -0.391 e. The number of benzene rings is 1. The molecule has 0 saturated heterocycles. The van der Waals surface area contributed by atoms with Gasteiger partial charge in [-0.25, -0.2) is 4.98 Å². The summed E-state index contributed by atoms with van der Waals surface area (Å²) in [7, 11) is 0. The lowest BCUT2D eigenvalue weighted by Crippen LogP contribution is -2.28. The van der Waals surface area contributed by atoms with Crippen LogP contribution in [-0.4, -0.2) is 20.8 Å². The summed E-state index contributed by atoms with van der Waals surface area (Å²) in [6, 6.07) is 7.50. The third-order valence-corrected chi connectivity index (χ3v) is 3.29. The first-order chi connectivity index (χ1) is 8.25. The van der Waals surface area contributed by atoms with Crippen LogP contribution in [0.1, 0.15) is 12.8 Å². The summed E-state index contributed by atoms with van der Waals surface area (Å²) in [6.45, 7) is 0.368. The lowest BCUT2D eigenvalue weighted by atomic mass is 10.2. The van der Waals surface area contributed by atoms with Gasteiger partial charge in [0.1, 0.15) is 0 Å². The van der Waals surface area contributed by atoms with E-state index in [1.165, 1.54) is 6.20 Å². The molecule has 17 heavy (non-hydrogen) atoms. The Labute approximate surface area is 98.5 Å². The molecule has 1 saturated carbocycles. The van der Waals surface area contributed by atoms with Gasteiger partial charge in [0, 0.05) is 0 Å². The van der Waals surface area contributed by atoms with Crippen LogP contribution in [0.4, 0.5) is 0 Å². The average Bonchev–Trinajstić information content (AvgIpc) is 3.17. The molecule has 1 unspecified atom stereocenters. The van der Waals surface area contributed by atoms with Crippen molar-refractivity contribution < 1.29 is 5.11 Å². The summed E-state index contributed by atoms with van der Waals surface area (Å²) in [5.74, 6) is 0.369. The molecule has 1 N–H and O–H groups in total. The van der Waals surface area contributed by atoms with Crippen LogP contribution in [0.15, 0.2) is 35.3 Å². The molecule has 3 rings (SSSR count). The van der Waals surface area contributed by atoms with Crippen LogP contribution >= 0.6 is 0 Å². The smallest absolute Gasteiger partial charge is 0.269 e. The van der Waals surface area contributed by atoms with Crippen molar-refractivity contribution in [3.8, 4) is 0 Å². The Balaban J connectivity index is 2.06. The number of rotatable bonds is 3. The van der Waals surface area contributed by atoms with Crippen LogP contribution < -0.4 is 5.56 Å². The van der Waals surface area contributed by atoms with Crippen molar-refractivity contribution in [3.63, 3.8) is 0 Å². The summed E-state index contributed by atoms with van der Waals surface area (Å²) in [6.07, 6.45) is 3.04. The molecule has 1 fully saturated rings. The van der Waals surface area contributed by atoms with Crippen LogP contribution in [0.5, 0.6) is 0 Å². The maximum atomic E-state index is 11.8. The number of aliphatic hydroxyl groups is 1. The monoisotopic (exact) mass is 230 g/mol. The van der Waals surface area contributed by atoms with E-state index in [1.54, 1.807) is 4.57 Å². The number of fused-ring (bicyclic) bond motifs is 1. The molecule has 4 heteroatoms. The van der Waals surface area contributed by atoms with E-state index in [0.717, 1.165) is 23.9 Å². The second-order valence-electron chi connectivity index (χ2n) is 4.60. The fourth-order valence-corrected chi connectivity index (χ4v) is 2.12. The molecule has 0 radical (unpaired) electrons. The number of para-hydroxylation sites is 2. The van der Waals surface area contributed by atoms with Gasteiger partial charge in [0.25, 0.3) is 5.56 Å². The van der Waals surface area contributed by atoms with Gasteiger partial charge in [-0.1, -0.05) is 12.1 Å². The van der Waals surface area contributed by atoms with Gasteiger partial charge in [0.2, 0.25) is 0 Å². The normalized spacial score (nSPS) is 17.2. The first-order valence-corrected chi connectivity index (χ1v) is 5.88. The predicted octanol–water partition coefficient (Wildman–Crippen LogP) is 1.17. The van der Waals surface area contributed by atoms with Crippen LogP contribution in [0.2, 0.25) is 0 Å². The first-order valence-electron chi connectivity index (χ1n) is 5.88. The standard InChI is InChI=1S/C13H14N2O2/c16-12(9-5-6-9)8-15-11-4-2-1-3-10(11)14-7-13(15)17/h1-4,7,9,12,16H,5-6,8H2. The average molecular weight is 230 g/mol. The molecule has 1 aliphatic rings. The zero-order chi connectivity index (χ0) is 11.8. The molecule has 1 aliphatic carbocycles. The molecular formula is C13H14N2O2. The van der Waals surface area contributed by atoms with Crippen molar-refractivity contribution >= 4 is 11.0 Å². The van der Waals surface area contributed by atoms with Crippen molar-refractivity contribution in [3.05, 3.63) is 40.8 Å². The minimum absolute atomic E-state index is 0.150. The van der Waals surface area contributed by atoms with Crippen molar-refractivity contribution in [2.75, 3.05) is 0 Å².